The van der Waals surface area contributed by atoms with Crippen LogP contribution in [0.25, 0.3) is 0 Å². The molecule has 0 saturated carbocycles. The highest BCUT2D eigenvalue weighted by Gasteiger charge is 2.27. The molecule has 6 heteroatoms. The fourth-order valence-corrected chi connectivity index (χ4v) is 2.71. The first-order valence-electron chi connectivity index (χ1n) is 8.28. The first-order valence-corrected chi connectivity index (χ1v) is 8.28. The Morgan fingerprint density at radius 1 is 1.42 bits per heavy atom. The van der Waals surface area contributed by atoms with Crippen LogP contribution in [0, 0.1) is 17.2 Å². The average molecular weight is 327 g/mol. The zero-order valence-corrected chi connectivity index (χ0v) is 14.5. The summed E-state index contributed by atoms with van der Waals surface area (Å²) in [6, 6.07) is 9.80. The van der Waals surface area contributed by atoms with Crippen molar-refractivity contribution in [1.82, 2.24) is 15.5 Å². The molecule has 0 spiro atoms. The molecule has 6 nitrogen and oxygen atoms in total. The summed E-state index contributed by atoms with van der Waals surface area (Å²) in [4.78, 5) is 18.2. The molecule has 0 aromatic heterocycles. The molecule has 1 aromatic rings. The lowest BCUT2D eigenvalue weighted by Gasteiger charge is -2.20. The van der Waals surface area contributed by atoms with Gasteiger partial charge in [0, 0.05) is 38.6 Å². The number of carbonyl (C=O) groups excluding carboxylic acids is 1. The second-order valence-corrected chi connectivity index (χ2v) is 6.30. The molecule has 0 bridgehead atoms. The first kappa shape index (κ1) is 17.8. The molecule has 1 aliphatic heterocycles. The Morgan fingerprint density at radius 2 is 2.12 bits per heavy atom. The van der Waals surface area contributed by atoms with Gasteiger partial charge < -0.3 is 15.5 Å². The molecule has 1 heterocycles. The molecule has 2 rings (SSSR count). The van der Waals surface area contributed by atoms with Gasteiger partial charge in [-0.05, 0) is 24.1 Å². The van der Waals surface area contributed by atoms with E-state index in [1.807, 2.05) is 30.9 Å². The summed E-state index contributed by atoms with van der Waals surface area (Å²) in [6.07, 6.45) is 0.927. The third-order valence-corrected chi connectivity index (χ3v) is 4.10. The topological polar surface area (TPSA) is 80.5 Å². The van der Waals surface area contributed by atoms with E-state index < -0.39 is 0 Å². The number of carbonyl (C=O) groups is 1. The number of nitrogens with one attached hydrogen (secondary N) is 2. The smallest absolute Gasteiger partial charge is 0.225 e. The number of nitriles is 1. The van der Waals surface area contributed by atoms with Crippen LogP contribution in [0.3, 0.4) is 0 Å². The Labute approximate surface area is 143 Å². The molecule has 1 unspecified atom stereocenters. The van der Waals surface area contributed by atoms with Crippen LogP contribution in [-0.2, 0) is 11.3 Å². The van der Waals surface area contributed by atoms with Crippen molar-refractivity contribution >= 4 is 11.9 Å². The zero-order valence-electron chi connectivity index (χ0n) is 14.5. The van der Waals surface area contributed by atoms with Crippen molar-refractivity contribution in [2.45, 2.75) is 32.9 Å². The van der Waals surface area contributed by atoms with E-state index in [0.29, 0.717) is 18.7 Å². The molecule has 1 atom stereocenters. The van der Waals surface area contributed by atoms with Gasteiger partial charge in [-0.15, -0.1) is 0 Å². The van der Waals surface area contributed by atoms with Crippen LogP contribution in [-0.4, -0.2) is 42.9 Å². The monoisotopic (exact) mass is 327 g/mol. The number of amides is 1. The molecule has 1 aromatic carbocycles. The van der Waals surface area contributed by atoms with Crippen molar-refractivity contribution in [2.75, 3.05) is 20.1 Å². The molecule has 24 heavy (non-hydrogen) atoms. The van der Waals surface area contributed by atoms with E-state index in [1.165, 1.54) is 0 Å². The minimum Gasteiger partial charge on any atom is -0.352 e. The second kappa shape index (κ2) is 8.34. The quantitative estimate of drug-likeness (QED) is 0.648. The van der Waals surface area contributed by atoms with Crippen LogP contribution in [0.15, 0.2) is 29.3 Å². The number of rotatable bonds is 4. The molecule has 0 aliphatic carbocycles. The van der Waals surface area contributed by atoms with E-state index >= 15 is 0 Å². The van der Waals surface area contributed by atoms with Crippen LogP contribution in [0.5, 0.6) is 0 Å². The van der Waals surface area contributed by atoms with E-state index in [4.69, 9.17) is 5.26 Å². The minimum atomic E-state index is 0.0394. The van der Waals surface area contributed by atoms with Gasteiger partial charge in [0.2, 0.25) is 5.91 Å². The lowest BCUT2D eigenvalue weighted by Crippen LogP contribution is -2.45. The Kier molecular flexibility index (Phi) is 6.19. The third-order valence-electron chi connectivity index (χ3n) is 4.10. The summed E-state index contributed by atoms with van der Waals surface area (Å²) in [5, 5.41) is 15.5. The van der Waals surface area contributed by atoms with Crippen LogP contribution in [0.1, 0.15) is 31.4 Å². The Balaban J connectivity index is 1.82. The van der Waals surface area contributed by atoms with Crippen molar-refractivity contribution in [1.29, 1.82) is 5.26 Å². The highest BCUT2D eigenvalue weighted by atomic mass is 16.2. The lowest BCUT2D eigenvalue weighted by molar-refractivity contribution is -0.133. The number of aliphatic imine (C=N–C) groups is 1. The number of likely N-dealkylation sites (tertiary alicyclic amines) is 1. The molecular weight excluding hydrogens is 302 g/mol. The van der Waals surface area contributed by atoms with Crippen LogP contribution >= 0.6 is 0 Å². The Bertz CT molecular complexity index is 630. The van der Waals surface area contributed by atoms with E-state index in [0.717, 1.165) is 24.5 Å². The number of hydrogen-bond donors (Lipinski definition) is 2. The van der Waals surface area contributed by atoms with Gasteiger partial charge in [-0.1, -0.05) is 26.0 Å². The standard InChI is InChI=1S/C18H25N5O/c1-13(2)17(24)23-9-8-16(12-23)22-18(20-3)21-11-15-6-4-14(10-19)5-7-15/h4-7,13,16H,8-9,11-12H2,1-3H3,(H2,20,21,22). The predicted molar refractivity (Wildman–Crippen MR) is 94.3 cm³/mol. The maximum atomic E-state index is 12.0. The molecular formula is C18H25N5O. The maximum absolute atomic E-state index is 12.0. The molecule has 1 amide bonds. The maximum Gasteiger partial charge on any atom is 0.225 e. The van der Waals surface area contributed by atoms with Gasteiger partial charge in [-0.25, -0.2) is 0 Å². The third kappa shape index (κ3) is 4.72. The molecule has 1 fully saturated rings. The summed E-state index contributed by atoms with van der Waals surface area (Å²) < 4.78 is 0. The van der Waals surface area contributed by atoms with Gasteiger partial charge in [0.25, 0.3) is 0 Å². The molecule has 128 valence electrons. The van der Waals surface area contributed by atoms with E-state index in [1.54, 1.807) is 19.2 Å². The van der Waals surface area contributed by atoms with Crippen molar-refractivity contribution in [2.24, 2.45) is 10.9 Å². The Morgan fingerprint density at radius 3 is 2.71 bits per heavy atom. The highest BCUT2D eigenvalue weighted by Crippen LogP contribution is 2.12. The second-order valence-electron chi connectivity index (χ2n) is 6.30. The fraction of sp³-hybridized carbons (Fsp3) is 0.500. The Hall–Kier alpha value is -2.55. The first-order chi connectivity index (χ1) is 11.5. The minimum absolute atomic E-state index is 0.0394. The van der Waals surface area contributed by atoms with Crippen molar-refractivity contribution in [3.8, 4) is 6.07 Å². The van der Waals surface area contributed by atoms with Gasteiger partial charge >= 0.3 is 0 Å². The normalized spacial score (nSPS) is 17.7. The summed E-state index contributed by atoms with van der Waals surface area (Å²) in [7, 11) is 1.74. The lowest BCUT2D eigenvalue weighted by atomic mass is 10.1. The van der Waals surface area contributed by atoms with Gasteiger partial charge in [0.1, 0.15) is 0 Å². The van der Waals surface area contributed by atoms with Crippen LogP contribution in [0.2, 0.25) is 0 Å². The summed E-state index contributed by atoms with van der Waals surface area (Å²) in [5.41, 5.74) is 1.74. The average Bonchev–Trinajstić information content (AvgIpc) is 3.06. The SMILES string of the molecule is CN=C(NCc1ccc(C#N)cc1)NC1CCN(C(=O)C(C)C)C1. The van der Waals surface area contributed by atoms with Gasteiger partial charge in [0.05, 0.1) is 11.6 Å². The van der Waals surface area contributed by atoms with Crippen molar-refractivity contribution in [3.05, 3.63) is 35.4 Å². The van der Waals surface area contributed by atoms with Crippen molar-refractivity contribution < 1.29 is 4.79 Å². The fourth-order valence-electron chi connectivity index (χ4n) is 2.71. The van der Waals surface area contributed by atoms with Gasteiger partial charge in [-0.3, -0.25) is 9.79 Å². The zero-order chi connectivity index (χ0) is 17.5. The predicted octanol–water partition coefficient (Wildman–Crippen LogP) is 1.48. The van der Waals surface area contributed by atoms with Crippen LogP contribution < -0.4 is 10.6 Å². The number of nitrogens with zero attached hydrogens (tertiary/aromatic N) is 3. The summed E-state index contributed by atoms with van der Waals surface area (Å²) in [5.74, 6) is 0.973. The summed E-state index contributed by atoms with van der Waals surface area (Å²) >= 11 is 0. The van der Waals surface area contributed by atoms with E-state index in [-0.39, 0.29) is 17.9 Å². The van der Waals surface area contributed by atoms with E-state index in [9.17, 15) is 4.79 Å². The van der Waals surface area contributed by atoms with E-state index in [2.05, 4.69) is 21.7 Å². The summed E-state index contributed by atoms with van der Waals surface area (Å²) in [6.45, 7) is 6.00. The number of hydrogen-bond acceptors (Lipinski definition) is 3. The highest BCUT2D eigenvalue weighted by molar-refractivity contribution is 5.81. The van der Waals surface area contributed by atoms with Gasteiger partial charge in [-0.2, -0.15) is 5.26 Å². The molecule has 1 aliphatic rings. The van der Waals surface area contributed by atoms with Crippen molar-refractivity contribution in [3.63, 3.8) is 0 Å². The number of guanidine groups is 1. The molecule has 0 radical (unpaired) electrons. The van der Waals surface area contributed by atoms with Gasteiger partial charge in [0.15, 0.2) is 5.96 Å². The molecule has 2 N–H and O–H groups in total. The largest absolute Gasteiger partial charge is 0.352 e. The number of benzene rings is 1. The van der Waals surface area contributed by atoms with Crippen LogP contribution in [0.4, 0.5) is 0 Å². The molecule has 1 saturated heterocycles.